The van der Waals surface area contributed by atoms with E-state index < -0.39 is 0 Å². The number of hydrogen-bond donors (Lipinski definition) is 0. The minimum Gasteiger partial charge on any atom is -0.234 e. The third kappa shape index (κ3) is 16.8. The standard InChI is InChI=1S/C32H63N2/c1-4-7-10-12-14-15-16-17-18-19-21-23-26-29-34-31-30-33(28-25-9-6-3)32(34)27-24-22-20-13-11-8-5-2/h30-31H,4-29H2,1-3H3/q+1. The zero-order valence-corrected chi connectivity index (χ0v) is 23.9. The summed E-state index contributed by atoms with van der Waals surface area (Å²) in [6, 6.07) is 0. The molecule has 2 nitrogen and oxygen atoms in total. The molecule has 0 radical (unpaired) electrons. The Balaban J connectivity index is 2.20. The molecule has 0 fully saturated rings. The summed E-state index contributed by atoms with van der Waals surface area (Å²) in [5, 5.41) is 0. The quantitative estimate of drug-likeness (QED) is 0.0930. The van der Waals surface area contributed by atoms with Gasteiger partial charge in [0.05, 0.1) is 13.1 Å². The molecule has 0 aliphatic carbocycles. The van der Waals surface area contributed by atoms with Gasteiger partial charge in [0.25, 0.3) is 5.82 Å². The highest BCUT2D eigenvalue weighted by molar-refractivity contribution is 4.84. The van der Waals surface area contributed by atoms with Crippen LogP contribution >= 0.6 is 0 Å². The lowest BCUT2D eigenvalue weighted by Gasteiger charge is -2.07. The molecule has 1 rings (SSSR count). The number of aromatic nitrogens is 2. The number of hydrogen-bond acceptors (Lipinski definition) is 0. The molecule has 0 spiro atoms. The maximum absolute atomic E-state index is 2.60. The summed E-state index contributed by atoms with van der Waals surface area (Å²) >= 11 is 0. The van der Waals surface area contributed by atoms with E-state index in [1.807, 2.05) is 0 Å². The van der Waals surface area contributed by atoms with Crippen molar-refractivity contribution in [3.8, 4) is 0 Å². The maximum Gasteiger partial charge on any atom is 0.256 e. The number of rotatable bonds is 26. The van der Waals surface area contributed by atoms with Crippen LogP contribution in [0.15, 0.2) is 12.4 Å². The molecule has 200 valence electrons. The first-order valence-corrected chi connectivity index (χ1v) is 15.9. The van der Waals surface area contributed by atoms with Gasteiger partial charge >= 0.3 is 0 Å². The Labute approximate surface area is 215 Å². The van der Waals surface area contributed by atoms with Crippen LogP contribution in [0.5, 0.6) is 0 Å². The molecule has 0 aromatic carbocycles. The minimum absolute atomic E-state index is 1.21. The molecule has 0 aliphatic heterocycles. The SMILES string of the molecule is CCCCCCCCCCCCCCCn1cc[n+](CCCCC)c1CCCCCCCCC. The Kier molecular flexibility index (Phi) is 22.0. The Morgan fingerprint density at radius 2 is 0.912 bits per heavy atom. The summed E-state index contributed by atoms with van der Waals surface area (Å²) in [6.07, 6.45) is 38.5. The van der Waals surface area contributed by atoms with Crippen LogP contribution in [0.25, 0.3) is 0 Å². The van der Waals surface area contributed by atoms with Gasteiger partial charge < -0.3 is 0 Å². The van der Waals surface area contributed by atoms with E-state index in [0.717, 1.165) is 0 Å². The van der Waals surface area contributed by atoms with E-state index in [1.165, 1.54) is 167 Å². The van der Waals surface area contributed by atoms with E-state index in [9.17, 15) is 0 Å². The lowest BCUT2D eigenvalue weighted by molar-refractivity contribution is -0.704. The fourth-order valence-corrected chi connectivity index (χ4v) is 5.26. The van der Waals surface area contributed by atoms with Gasteiger partial charge in [-0.15, -0.1) is 0 Å². The normalized spacial score (nSPS) is 11.5. The first kappa shape index (κ1) is 31.2. The maximum atomic E-state index is 2.60. The van der Waals surface area contributed by atoms with Gasteiger partial charge in [-0.2, -0.15) is 0 Å². The lowest BCUT2D eigenvalue weighted by Crippen LogP contribution is -2.37. The predicted molar refractivity (Wildman–Crippen MR) is 152 cm³/mol. The average Bonchev–Trinajstić information content (AvgIpc) is 3.23. The second-order valence-corrected chi connectivity index (χ2v) is 10.9. The van der Waals surface area contributed by atoms with Gasteiger partial charge in [0, 0.05) is 6.42 Å². The van der Waals surface area contributed by atoms with Crippen molar-refractivity contribution in [1.29, 1.82) is 0 Å². The van der Waals surface area contributed by atoms with Crippen LogP contribution in [0.3, 0.4) is 0 Å². The zero-order chi connectivity index (χ0) is 24.5. The van der Waals surface area contributed by atoms with Crippen molar-refractivity contribution in [2.75, 3.05) is 0 Å². The molecule has 0 amide bonds. The summed E-state index contributed by atoms with van der Waals surface area (Å²) in [5.41, 5.74) is 0. The zero-order valence-electron chi connectivity index (χ0n) is 23.9. The van der Waals surface area contributed by atoms with Crippen LogP contribution in [0.4, 0.5) is 0 Å². The van der Waals surface area contributed by atoms with Crippen LogP contribution in [0, 0.1) is 0 Å². The lowest BCUT2D eigenvalue weighted by atomic mass is 10.0. The second-order valence-electron chi connectivity index (χ2n) is 10.9. The van der Waals surface area contributed by atoms with E-state index in [4.69, 9.17) is 0 Å². The number of imidazole rings is 1. The second kappa shape index (κ2) is 23.9. The highest BCUT2D eigenvalue weighted by Gasteiger charge is 2.16. The number of nitrogens with zero attached hydrogens (tertiary/aromatic N) is 2. The smallest absolute Gasteiger partial charge is 0.234 e. The van der Waals surface area contributed by atoms with Gasteiger partial charge in [-0.05, 0) is 32.1 Å². The molecule has 2 heteroatoms. The summed E-state index contributed by atoms with van der Waals surface area (Å²) in [6.45, 7) is 9.36. The molecule has 34 heavy (non-hydrogen) atoms. The van der Waals surface area contributed by atoms with Crippen LogP contribution < -0.4 is 4.57 Å². The largest absolute Gasteiger partial charge is 0.256 e. The van der Waals surface area contributed by atoms with Crippen molar-refractivity contribution in [2.24, 2.45) is 0 Å². The van der Waals surface area contributed by atoms with Crippen LogP contribution in [0.2, 0.25) is 0 Å². The summed E-state index contributed by atoms with van der Waals surface area (Å²) in [5.74, 6) is 1.60. The molecule has 0 atom stereocenters. The molecule has 0 bridgehead atoms. The minimum atomic E-state index is 1.21. The Morgan fingerprint density at radius 3 is 1.41 bits per heavy atom. The molecule has 1 aromatic rings. The number of unbranched alkanes of at least 4 members (excludes halogenated alkanes) is 20. The van der Waals surface area contributed by atoms with Crippen molar-refractivity contribution < 1.29 is 4.57 Å². The van der Waals surface area contributed by atoms with Crippen LogP contribution in [-0.4, -0.2) is 4.57 Å². The van der Waals surface area contributed by atoms with E-state index in [2.05, 4.69) is 42.3 Å². The first-order chi connectivity index (χ1) is 16.8. The van der Waals surface area contributed by atoms with Crippen LogP contribution in [-0.2, 0) is 19.5 Å². The van der Waals surface area contributed by atoms with E-state index in [-0.39, 0.29) is 0 Å². The highest BCUT2D eigenvalue weighted by atomic mass is 15.1. The summed E-state index contributed by atoms with van der Waals surface area (Å²) in [7, 11) is 0. The fraction of sp³-hybridized carbons (Fsp3) is 0.906. The average molecular weight is 476 g/mol. The molecule has 0 aliphatic rings. The molecular weight excluding hydrogens is 412 g/mol. The van der Waals surface area contributed by atoms with Gasteiger partial charge in [-0.25, -0.2) is 9.13 Å². The van der Waals surface area contributed by atoms with Crippen molar-refractivity contribution in [3.63, 3.8) is 0 Å². The van der Waals surface area contributed by atoms with Gasteiger partial charge in [-0.1, -0.05) is 136 Å². The van der Waals surface area contributed by atoms with Crippen molar-refractivity contribution in [2.45, 2.75) is 188 Å². The molecule has 0 unspecified atom stereocenters. The van der Waals surface area contributed by atoms with Crippen molar-refractivity contribution >= 4 is 0 Å². The van der Waals surface area contributed by atoms with Crippen LogP contribution in [0.1, 0.15) is 174 Å². The highest BCUT2D eigenvalue weighted by Crippen LogP contribution is 2.14. The fourth-order valence-electron chi connectivity index (χ4n) is 5.26. The van der Waals surface area contributed by atoms with Crippen molar-refractivity contribution in [3.05, 3.63) is 18.2 Å². The van der Waals surface area contributed by atoms with Crippen molar-refractivity contribution in [1.82, 2.24) is 4.57 Å². The molecule has 0 N–H and O–H groups in total. The summed E-state index contributed by atoms with van der Waals surface area (Å²) in [4.78, 5) is 0. The summed E-state index contributed by atoms with van der Waals surface area (Å²) < 4.78 is 5.18. The Hall–Kier alpha value is -0.790. The molecular formula is C32H63N2+. The third-order valence-corrected chi connectivity index (χ3v) is 7.60. The monoisotopic (exact) mass is 475 g/mol. The molecule has 1 heterocycles. The predicted octanol–water partition coefficient (Wildman–Crippen LogP) is 10.4. The van der Waals surface area contributed by atoms with E-state index in [0.29, 0.717) is 0 Å². The third-order valence-electron chi connectivity index (χ3n) is 7.60. The van der Waals surface area contributed by atoms with E-state index in [1.54, 1.807) is 5.82 Å². The topological polar surface area (TPSA) is 8.81 Å². The van der Waals surface area contributed by atoms with Gasteiger partial charge in [0.1, 0.15) is 12.4 Å². The van der Waals surface area contributed by atoms with E-state index >= 15 is 0 Å². The van der Waals surface area contributed by atoms with Gasteiger partial charge in [0.15, 0.2) is 0 Å². The first-order valence-electron chi connectivity index (χ1n) is 15.9. The molecule has 0 saturated heterocycles. The van der Waals surface area contributed by atoms with Gasteiger partial charge in [-0.3, -0.25) is 0 Å². The molecule has 0 saturated carbocycles. The Bertz CT molecular complexity index is 533. The number of aryl methyl sites for hydroxylation is 2. The van der Waals surface area contributed by atoms with Gasteiger partial charge in [0.2, 0.25) is 0 Å². The molecule has 1 aromatic heterocycles. The Morgan fingerprint density at radius 1 is 0.500 bits per heavy atom.